The van der Waals surface area contributed by atoms with Gasteiger partial charge in [0, 0.05) is 29.9 Å². The summed E-state index contributed by atoms with van der Waals surface area (Å²) in [5.74, 6) is 1.36. The molecular weight excluding hydrogens is 272 g/mol. The zero-order chi connectivity index (χ0) is 14.2. The average Bonchev–Trinajstić information content (AvgIpc) is 2.51. The summed E-state index contributed by atoms with van der Waals surface area (Å²) in [6, 6.07) is 12.3. The molecular formula is C16H19ClN2O. The Labute approximate surface area is 124 Å². The summed E-state index contributed by atoms with van der Waals surface area (Å²) in [6.07, 6.45) is 3.74. The van der Waals surface area contributed by atoms with Crippen LogP contribution in [-0.4, -0.2) is 18.0 Å². The number of aryl methyl sites for hydroxylation is 1. The largest absolute Gasteiger partial charge is 0.481 e. The number of halogens is 1. The van der Waals surface area contributed by atoms with Gasteiger partial charge in [-0.3, -0.25) is 0 Å². The second-order valence-electron chi connectivity index (χ2n) is 4.52. The number of methoxy groups -OCH3 is 1. The molecule has 1 N–H and O–H groups in total. The summed E-state index contributed by atoms with van der Waals surface area (Å²) < 4.78 is 5.24. The highest BCUT2D eigenvalue weighted by Crippen LogP contribution is 2.17. The van der Waals surface area contributed by atoms with Crippen molar-refractivity contribution >= 4 is 17.3 Å². The minimum absolute atomic E-state index is 0.665. The Balaban J connectivity index is 1.99. The Morgan fingerprint density at radius 3 is 2.95 bits per heavy atom. The van der Waals surface area contributed by atoms with E-state index >= 15 is 0 Å². The van der Waals surface area contributed by atoms with Gasteiger partial charge in [0.2, 0.25) is 5.88 Å². The molecule has 0 unspecified atom stereocenters. The third kappa shape index (κ3) is 4.14. The number of nitrogens with zero attached hydrogens (tertiary/aromatic N) is 1. The zero-order valence-electron chi connectivity index (χ0n) is 11.6. The van der Waals surface area contributed by atoms with Gasteiger partial charge in [0.15, 0.2) is 0 Å². The van der Waals surface area contributed by atoms with Crippen molar-refractivity contribution in [3.63, 3.8) is 0 Å². The van der Waals surface area contributed by atoms with Crippen molar-refractivity contribution in [2.45, 2.75) is 19.4 Å². The number of benzene rings is 1. The van der Waals surface area contributed by atoms with Crippen LogP contribution >= 0.6 is 11.6 Å². The Hall–Kier alpha value is -1.74. The molecule has 2 aromatic rings. The van der Waals surface area contributed by atoms with Crippen molar-refractivity contribution in [3.8, 4) is 5.88 Å². The zero-order valence-corrected chi connectivity index (χ0v) is 12.4. The lowest BCUT2D eigenvalue weighted by Gasteiger charge is -2.10. The van der Waals surface area contributed by atoms with Crippen LogP contribution in [0.3, 0.4) is 0 Å². The number of alkyl halides is 1. The Bertz CT molecular complexity index is 546. The van der Waals surface area contributed by atoms with E-state index in [2.05, 4.69) is 34.6 Å². The number of ether oxygens (including phenoxy) is 1. The van der Waals surface area contributed by atoms with Gasteiger partial charge in [-0.25, -0.2) is 4.98 Å². The Morgan fingerprint density at radius 2 is 2.15 bits per heavy atom. The van der Waals surface area contributed by atoms with Gasteiger partial charge in [-0.05, 0) is 36.6 Å². The molecule has 4 heteroatoms. The molecule has 0 fully saturated rings. The van der Waals surface area contributed by atoms with E-state index in [0.29, 0.717) is 18.3 Å². The maximum Gasteiger partial charge on any atom is 0.218 e. The van der Waals surface area contributed by atoms with E-state index in [1.165, 1.54) is 5.56 Å². The summed E-state index contributed by atoms with van der Waals surface area (Å²) in [4.78, 5) is 4.19. The van der Waals surface area contributed by atoms with E-state index in [0.717, 1.165) is 24.1 Å². The van der Waals surface area contributed by atoms with Crippen LogP contribution < -0.4 is 10.1 Å². The second kappa shape index (κ2) is 7.75. The van der Waals surface area contributed by atoms with Crippen molar-refractivity contribution in [3.05, 3.63) is 53.7 Å². The molecule has 0 aliphatic carbocycles. The van der Waals surface area contributed by atoms with Crippen LogP contribution in [0.2, 0.25) is 0 Å². The first kappa shape index (κ1) is 14.7. The van der Waals surface area contributed by atoms with Gasteiger partial charge < -0.3 is 10.1 Å². The number of hydrogen-bond donors (Lipinski definition) is 1. The molecule has 0 aliphatic rings. The molecule has 106 valence electrons. The maximum atomic E-state index is 5.73. The van der Waals surface area contributed by atoms with Crippen LogP contribution in [0, 0.1) is 0 Å². The highest BCUT2D eigenvalue weighted by molar-refractivity contribution is 6.17. The molecule has 0 atom stereocenters. The lowest BCUT2D eigenvalue weighted by atomic mass is 10.1. The summed E-state index contributed by atoms with van der Waals surface area (Å²) in [5.41, 5.74) is 3.44. The summed E-state index contributed by atoms with van der Waals surface area (Å²) >= 11 is 5.73. The van der Waals surface area contributed by atoms with Gasteiger partial charge in [0.1, 0.15) is 0 Å². The molecule has 0 amide bonds. The van der Waals surface area contributed by atoms with Crippen LogP contribution in [0.5, 0.6) is 5.88 Å². The molecule has 20 heavy (non-hydrogen) atoms. The standard InChI is InChI=1S/C16H19ClN2O/c1-20-16-14(7-4-10-18-16)12-19-15-8-2-5-13(11-15)6-3-9-17/h2,4-5,7-8,10-11,19H,3,6,9,12H2,1H3. The van der Waals surface area contributed by atoms with Crippen molar-refractivity contribution in [1.29, 1.82) is 0 Å². The minimum Gasteiger partial charge on any atom is -0.481 e. The number of aromatic nitrogens is 1. The van der Waals surface area contributed by atoms with Gasteiger partial charge in [0.05, 0.1) is 7.11 Å². The van der Waals surface area contributed by atoms with Gasteiger partial charge in [-0.15, -0.1) is 11.6 Å². The molecule has 0 saturated carbocycles. The molecule has 0 bridgehead atoms. The average molecular weight is 291 g/mol. The lowest BCUT2D eigenvalue weighted by molar-refractivity contribution is 0.393. The molecule has 0 radical (unpaired) electrons. The first-order valence-corrected chi connectivity index (χ1v) is 7.23. The fraction of sp³-hybridized carbons (Fsp3) is 0.312. The number of anilines is 1. The smallest absolute Gasteiger partial charge is 0.218 e. The van der Waals surface area contributed by atoms with E-state index in [1.807, 2.05) is 12.1 Å². The fourth-order valence-electron chi connectivity index (χ4n) is 2.05. The predicted octanol–water partition coefficient (Wildman–Crippen LogP) is 3.87. The highest BCUT2D eigenvalue weighted by Gasteiger charge is 2.03. The minimum atomic E-state index is 0.665. The Morgan fingerprint density at radius 1 is 1.25 bits per heavy atom. The molecule has 0 spiro atoms. The summed E-state index contributed by atoms with van der Waals surface area (Å²) in [5, 5.41) is 3.40. The SMILES string of the molecule is COc1ncccc1CNc1cccc(CCCCl)c1. The molecule has 1 aromatic carbocycles. The van der Waals surface area contributed by atoms with Crippen LogP contribution in [0.4, 0.5) is 5.69 Å². The molecule has 0 saturated heterocycles. The van der Waals surface area contributed by atoms with Crippen molar-refractivity contribution in [2.24, 2.45) is 0 Å². The number of pyridine rings is 1. The van der Waals surface area contributed by atoms with Crippen LogP contribution in [-0.2, 0) is 13.0 Å². The van der Waals surface area contributed by atoms with E-state index < -0.39 is 0 Å². The molecule has 0 aliphatic heterocycles. The van der Waals surface area contributed by atoms with Gasteiger partial charge >= 0.3 is 0 Å². The normalized spacial score (nSPS) is 10.3. The second-order valence-corrected chi connectivity index (χ2v) is 4.90. The number of nitrogens with one attached hydrogen (secondary N) is 1. The lowest BCUT2D eigenvalue weighted by Crippen LogP contribution is -2.03. The highest BCUT2D eigenvalue weighted by atomic mass is 35.5. The van der Waals surface area contributed by atoms with E-state index in [4.69, 9.17) is 16.3 Å². The molecule has 1 heterocycles. The third-order valence-electron chi connectivity index (χ3n) is 3.05. The fourth-order valence-corrected chi connectivity index (χ4v) is 2.18. The summed E-state index contributed by atoms with van der Waals surface area (Å²) in [7, 11) is 1.64. The first-order chi connectivity index (χ1) is 9.83. The number of rotatable bonds is 7. The van der Waals surface area contributed by atoms with Crippen LogP contribution in [0.1, 0.15) is 17.5 Å². The molecule has 1 aromatic heterocycles. The monoisotopic (exact) mass is 290 g/mol. The maximum absolute atomic E-state index is 5.73. The van der Waals surface area contributed by atoms with Crippen molar-refractivity contribution in [1.82, 2.24) is 4.98 Å². The molecule has 3 nitrogen and oxygen atoms in total. The first-order valence-electron chi connectivity index (χ1n) is 6.70. The van der Waals surface area contributed by atoms with E-state index in [-0.39, 0.29) is 0 Å². The predicted molar refractivity (Wildman–Crippen MR) is 83.6 cm³/mol. The van der Waals surface area contributed by atoms with Crippen LogP contribution in [0.15, 0.2) is 42.6 Å². The van der Waals surface area contributed by atoms with Crippen LogP contribution in [0.25, 0.3) is 0 Å². The number of hydrogen-bond acceptors (Lipinski definition) is 3. The van der Waals surface area contributed by atoms with E-state index in [9.17, 15) is 0 Å². The summed E-state index contributed by atoms with van der Waals surface area (Å²) in [6.45, 7) is 0.690. The van der Waals surface area contributed by atoms with Gasteiger partial charge in [-0.1, -0.05) is 18.2 Å². The van der Waals surface area contributed by atoms with Gasteiger partial charge in [0.25, 0.3) is 0 Å². The molecule has 2 rings (SSSR count). The third-order valence-corrected chi connectivity index (χ3v) is 3.32. The Kier molecular flexibility index (Phi) is 5.69. The van der Waals surface area contributed by atoms with Crippen molar-refractivity contribution in [2.75, 3.05) is 18.3 Å². The van der Waals surface area contributed by atoms with E-state index in [1.54, 1.807) is 13.3 Å². The van der Waals surface area contributed by atoms with Gasteiger partial charge in [-0.2, -0.15) is 0 Å². The quantitative estimate of drug-likeness (QED) is 0.786. The topological polar surface area (TPSA) is 34.1 Å². The van der Waals surface area contributed by atoms with Crippen molar-refractivity contribution < 1.29 is 4.74 Å².